The minimum absolute atomic E-state index is 0.00407. The summed E-state index contributed by atoms with van der Waals surface area (Å²) in [5, 5.41) is 13.0. The molecule has 31 heavy (non-hydrogen) atoms. The second-order valence-corrected chi connectivity index (χ2v) is 8.07. The van der Waals surface area contributed by atoms with Crippen LogP contribution in [0.5, 0.6) is 0 Å². The molecule has 0 saturated carbocycles. The number of anilines is 2. The van der Waals surface area contributed by atoms with E-state index < -0.39 is 0 Å². The van der Waals surface area contributed by atoms with Crippen molar-refractivity contribution in [2.24, 2.45) is 0 Å². The first-order chi connectivity index (χ1) is 15.0. The molecule has 1 atom stereocenters. The molecule has 0 spiro atoms. The number of fused-ring (bicyclic) bond motifs is 1. The summed E-state index contributed by atoms with van der Waals surface area (Å²) in [4.78, 5) is 16.1. The third-order valence-electron chi connectivity index (χ3n) is 5.44. The molecule has 4 rings (SSSR count). The summed E-state index contributed by atoms with van der Waals surface area (Å²) in [7, 11) is 0. The van der Waals surface area contributed by atoms with Crippen molar-refractivity contribution >= 4 is 22.9 Å². The van der Waals surface area contributed by atoms with E-state index >= 15 is 0 Å². The number of imidazole rings is 1. The molecule has 1 aliphatic rings. The van der Waals surface area contributed by atoms with Crippen molar-refractivity contribution in [3.8, 4) is 0 Å². The van der Waals surface area contributed by atoms with Crippen molar-refractivity contribution in [2.45, 2.75) is 45.4 Å². The number of benzene rings is 1. The first-order valence-electron chi connectivity index (χ1n) is 10.8. The van der Waals surface area contributed by atoms with Gasteiger partial charge in [0.15, 0.2) is 17.0 Å². The van der Waals surface area contributed by atoms with E-state index in [1.807, 2.05) is 9.47 Å². The molecule has 1 fully saturated rings. The smallest absolute Gasteiger partial charge is 0.229 e. The predicted molar refractivity (Wildman–Crippen MR) is 118 cm³/mol. The van der Waals surface area contributed by atoms with Crippen LogP contribution in [0.15, 0.2) is 30.6 Å². The van der Waals surface area contributed by atoms with Crippen LogP contribution >= 0.6 is 0 Å². The van der Waals surface area contributed by atoms with Gasteiger partial charge in [-0.2, -0.15) is 9.97 Å². The van der Waals surface area contributed by atoms with Gasteiger partial charge in [-0.05, 0) is 44.4 Å². The van der Waals surface area contributed by atoms with Gasteiger partial charge in [-0.1, -0.05) is 12.1 Å². The van der Waals surface area contributed by atoms with Crippen LogP contribution in [0.2, 0.25) is 0 Å². The standard InChI is InChI=1S/C22H29FN6O2/c1-15(2)29-14-25-19-20(24-12-16-5-7-17(23)8-6-16)26-22(27-21(19)29)28(9-10-30)13-18-4-3-11-31-18/h5-8,14-15,18,30H,3-4,9-13H2,1-2H3,(H,24,26,27). The van der Waals surface area contributed by atoms with Gasteiger partial charge in [0, 0.05) is 32.3 Å². The summed E-state index contributed by atoms with van der Waals surface area (Å²) in [5.41, 5.74) is 2.35. The van der Waals surface area contributed by atoms with Crippen LogP contribution in [0.1, 0.15) is 38.3 Å². The molecule has 3 heterocycles. The maximum atomic E-state index is 13.2. The van der Waals surface area contributed by atoms with Gasteiger partial charge in [-0.3, -0.25) is 0 Å². The van der Waals surface area contributed by atoms with Gasteiger partial charge in [-0.15, -0.1) is 0 Å². The highest BCUT2D eigenvalue weighted by Crippen LogP contribution is 2.26. The summed E-state index contributed by atoms with van der Waals surface area (Å²) in [5.74, 6) is 0.875. The molecule has 0 amide bonds. The molecule has 1 aromatic carbocycles. The number of nitrogens with zero attached hydrogens (tertiary/aromatic N) is 5. The fraction of sp³-hybridized carbons (Fsp3) is 0.500. The predicted octanol–water partition coefficient (Wildman–Crippen LogP) is 3.14. The fourth-order valence-corrected chi connectivity index (χ4v) is 3.76. The SMILES string of the molecule is CC(C)n1cnc2c(NCc3ccc(F)cc3)nc(N(CCO)CC3CCCO3)nc21. The van der Waals surface area contributed by atoms with Gasteiger partial charge in [0.25, 0.3) is 0 Å². The Balaban J connectivity index is 1.68. The zero-order valence-electron chi connectivity index (χ0n) is 18.0. The lowest BCUT2D eigenvalue weighted by Crippen LogP contribution is -2.36. The maximum Gasteiger partial charge on any atom is 0.229 e. The highest BCUT2D eigenvalue weighted by Gasteiger charge is 2.23. The summed E-state index contributed by atoms with van der Waals surface area (Å²) in [6, 6.07) is 6.54. The monoisotopic (exact) mass is 428 g/mol. The van der Waals surface area contributed by atoms with Gasteiger partial charge >= 0.3 is 0 Å². The number of halogens is 1. The number of hydrogen-bond donors (Lipinski definition) is 2. The van der Waals surface area contributed by atoms with Crippen molar-refractivity contribution in [1.82, 2.24) is 19.5 Å². The maximum absolute atomic E-state index is 13.2. The van der Waals surface area contributed by atoms with E-state index in [1.54, 1.807) is 18.5 Å². The highest BCUT2D eigenvalue weighted by atomic mass is 19.1. The number of ether oxygens (including phenoxy) is 1. The van der Waals surface area contributed by atoms with E-state index in [4.69, 9.17) is 14.7 Å². The number of aliphatic hydroxyl groups is 1. The Bertz CT molecular complexity index is 1000. The topological polar surface area (TPSA) is 88.3 Å². The molecule has 1 saturated heterocycles. The summed E-state index contributed by atoms with van der Waals surface area (Å²) >= 11 is 0. The van der Waals surface area contributed by atoms with Gasteiger partial charge < -0.3 is 24.6 Å². The van der Waals surface area contributed by atoms with Crippen molar-refractivity contribution in [1.29, 1.82) is 0 Å². The van der Waals surface area contributed by atoms with E-state index in [-0.39, 0.29) is 24.6 Å². The fourth-order valence-electron chi connectivity index (χ4n) is 3.76. The molecule has 3 aromatic rings. The van der Waals surface area contributed by atoms with Gasteiger partial charge in [0.1, 0.15) is 5.82 Å². The lowest BCUT2D eigenvalue weighted by molar-refractivity contribution is 0.114. The number of aromatic nitrogens is 4. The Kier molecular flexibility index (Phi) is 6.62. The minimum Gasteiger partial charge on any atom is -0.395 e. The van der Waals surface area contributed by atoms with Gasteiger partial charge in [0.2, 0.25) is 5.95 Å². The Morgan fingerprint density at radius 1 is 1.29 bits per heavy atom. The second-order valence-electron chi connectivity index (χ2n) is 8.07. The van der Waals surface area contributed by atoms with Crippen LogP contribution in [-0.4, -0.2) is 57.0 Å². The molecular weight excluding hydrogens is 399 g/mol. The normalized spacial score (nSPS) is 16.4. The Hall–Kier alpha value is -2.78. The molecule has 8 nitrogen and oxygen atoms in total. The van der Waals surface area contributed by atoms with Crippen LogP contribution < -0.4 is 10.2 Å². The van der Waals surface area contributed by atoms with E-state index in [9.17, 15) is 9.50 Å². The summed E-state index contributed by atoms with van der Waals surface area (Å²) < 4.78 is 21.0. The first kappa shape index (κ1) is 21.5. The highest BCUT2D eigenvalue weighted by molar-refractivity contribution is 5.84. The average molecular weight is 429 g/mol. The largest absolute Gasteiger partial charge is 0.395 e. The Morgan fingerprint density at radius 3 is 2.77 bits per heavy atom. The number of rotatable bonds is 9. The molecule has 1 aliphatic heterocycles. The van der Waals surface area contributed by atoms with Crippen molar-refractivity contribution < 1.29 is 14.2 Å². The second kappa shape index (κ2) is 9.57. The summed E-state index contributed by atoms with van der Waals surface area (Å²) in [6.07, 6.45) is 3.91. The van der Waals surface area contributed by atoms with E-state index in [0.717, 1.165) is 30.7 Å². The molecule has 0 bridgehead atoms. The lowest BCUT2D eigenvalue weighted by atomic mass is 10.2. The van der Waals surface area contributed by atoms with E-state index in [1.165, 1.54) is 12.1 Å². The number of nitrogens with one attached hydrogen (secondary N) is 1. The quantitative estimate of drug-likeness (QED) is 0.541. The minimum atomic E-state index is -0.264. The molecular formula is C22H29FN6O2. The molecule has 166 valence electrons. The third kappa shape index (κ3) is 4.94. The summed E-state index contributed by atoms with van der Waals surface area (Å²) in [6.45, 7) is 6.43. The van der Waals surface area contributed by atoms with E-state index in [0.29, 0.717) is 36.9 Å². The average Bonchev–Trinajstić information content (AvgIpc) is 3.42. The number of hydrogen-bond acceptors (Lipinski definition) is 7. The molecule has 0 aliphatic carbocycles. The molecule has 9 heteroatoms. The van der Waals surface area contributed by atoms with Crippen LogP contribution in [0.4, 0.5) is 16.2 Å². The Morgan fingerprint density at radius 2 is 2.10 bits per heavy atom. The number of aliphatic hydroxyl groups excluding tert-OH is 1. The van der Waals surface area contributed by atoms with Crippen molar-refractivity contribution in [3.05, 3.63) is 42.0 Å². The lowest BCUT2D eigenvalue weighted by Gasteiger charge is -2.25. The molecule has 2 N–H and O–H groups in total. The zero-order chi connectivity index (χ0) is 21.8. The zero-order valence-corrected chi connectivity index (χ0v) is 18.0. The van der Waals surface area contributed by atoms with E-state index in [2.05, 4.69) is 24.1 Å². The molecule has 1 unspecified atom stereocenters. The van der Waals surface area contributed by atoms with Crippen molar-refractivity contribution in [2.75, 3.05) is 36.5 Å². The van der Waals surface area contributed by atoms with Crippen LogP contribution in [0.25, 0.3) is 11.2 Å². The van der Waals surface area contributed by atoms with Gasteiger partial charge in [-0.25, -0.2) is 9.37 Å². The first-order valence-corrected chi connectivity index (χ1v) is 10.8. The van der Waals surface area contributed by atoms with Crippen LogP contribution in [0, 0.1) is 5.82 Å². The molecule has 0 radical (unpaired) electrons. The van der Waals surface area contributed by atoms with Crippen LogP contribution in [0.3, 0.4) is 0 Å². The third-order valence-corrected chi connectivity index (χ3v) is 5.44. The molecule has 2 aromatic heterocycles. The van der Waals surface area contributed by atoms with Crippen molar-refractivity contribution in [3.63, 3.8) is 0 Å². The van der Waals surface area contributed by atoms with Crippen LogP contribution in [-0.2, 0) is 11.3 Å². The Labute approximate surface area is 181 Å². The van der Waals surface area contributed by atoms with Gasteiger partial charge in [0.05, 0.1) is 19.0 Å².